The zero-order valence-corrected chi connectivity index (χ0v) is 17.4. The second-order valence-electron chi connectivity index (χ2n) is 7.20. The molecule has 138 valence electrons. The Balaban J connectivity index is 3.12. The Morgan fingerprint density at radius 3 is 1.43 bits per heavy atom. The highest BCUT2D eigenvalue weighted by molar-refractivity contribution is 9.10. The van der Waals surface area contributed by atoms with Crippen LogP contribution in [-0.2, 0) is 9.53 Å². The molecule has 0 fully saturated rings. The molecule has 0 saturated carbocycles. The molecule has 3 heteroatoms. The van der Waals surface area contributed by atoms with E-state index in [0.717, 1.165) is 6.42 Å². The van der Waals surface area contributed by atoms with Crippen molar-refractivity contribution in [2.75, 3.05) is 6.61 Å². The van der Waals surface area contributed by atoms with Gasteiger partial charge in [-0.3, -0.25) is 4.79 Å². The normalized spacial score (nSPS) is 11.7. The highest BCUT2D eigenvalue weighted by Crippen LogP contribution is 2.18. The molecule has 0 saturated heterocycles. The number of carbonyl (C=O) groups excluding carboxylic acids is 1. The van der Waals surface area contributed by atoms with Crippen molar-refractivity contribution >= 4 is 21.9 Å². The fourth-order valence-electron chi connectivity index (χ4n) is 2.63. The Bertz CT molecular complexity index is 271. The van der Waals surface area contributed by atoms with Crippen LogP contribution in [0.5, 0.6) is 0 Å². The zero-order valence-electron chi connectivity index (χ0n) is 15.8. The van der Waals surface area contributed by atoms with Crippen molar-refractivity contribution in [1.82, 2.24) is 0 Å². The molecule has 23 heavy (non-hydrogen) atoms. The van der Waals surface area contributed by atoms with Gasteiger partial charge >= 0.3 is 5.97 Å². The van der Waals surface area contributed by atoms with Crippen molar-refractivity contribution in [3.8, 4) is 0 Å². The van der Waals surface area contributed by atoms with E-state index >= 15 is 0 Å². The Hall–Kier alpha value is -0.0500. The van der Waals surface area contributed by atoms with Crippen LogP contribution in [0.4, 0.5) is 0 Å². The van der Waals surface area contributed by atoms with Crippen molar-refractivity contribution in [3.05, 3.63) is 0 Å². The zero-order chi connectivity index (χ0) is 17.4. The predicted molar refractivity (Wildman–Crippen MR) is 104 cm³/mol. The van der Waals surface area contributed by atoms with Crippen molar-refractivity contribution in [3.63, 3.8) is 0 Å². The first-order valence-electron chi connectivity index (χ1n) is 9.84. The van der Waals surface area contributed by atoms with Gasteiger partial charge < -0.3 is 4.74 Å². The van der Waals surface area contributed by atoms with Crippen molar-refractivity contribution in [1.29, 1.82) is 0 Å². The fourth-order valence-corrected chi connectivity index (χ4v) is 2.75. The van der Waals surface area contributed by atoms with E-state index in [0.29, 0.717) is 6.61 Å². The summed E-state index contributed by atoms with van der Waals surface area (Å²) in [4.78, 5) is 11.5. The standard InChI is InChI=1S/C20H39BrO2/c1-4-5-6-7-8-9-10-11-12-13-14-15-16-17-18-23-19(22)20(2,3)21/h4-18H2,1-3H3. The molecular formula is C20H39BrO2. The van der Waals surface area contributed by atoms with Crippen LogP contribution in [0.25, 0.3) is 0 Å². The second kappa shape index (κ2) is 15.5. The Labute approximate surface area is 153 Å². The predicted octanol–water partition coefficient (Wildman–Crippen LogP) is 7.18. The van der Waals surface area contributed by atoms with E-state index in [1.807, 2.05) is 13.8 Å². The average molecular weight is 391 g/mol. The molecule has 0 aromatic rings. The van der Waals surface area contributed by atoms with Gasteiger partial charge in [-0.1, -0.05) is 106 Å². The third kappa shape index (κ3) is 16.6. The van der Waals surface area contributed by atoms with Gasteiger partial charge in [-0.05, 0) is 20.3 Å². The van der Waals surface area contributed by atoms with Crippen molar-refractivity contribution in [2.24, 2.45) is 0 Å². The molecule has 0 aliphatic carbocycles. The minimum Gasteiger partial charge on any atom is -0.465 e. The van der Waals surface area contributed by atoms with Crippen LogP contribution in [0, 0.1) is 0 Å². The molecule has 0 rings (SSSR count). The van der Waals surface area contributed by atoms with E-state index in [-0.39, 0.29) is 5.97 Å². The maximum atomic E-state index is 11.5. The maximum absolute atomic E-state index is 11.5. The summed E-state index contributed by atoms with van der Waals surface area (Å²) < 4.78 is 4.68. The minimum atomic E-state index is -0.553. The SMILES string of the molecule is CCCCCCCCCCCCCCCCOC(=O)C(C)(C)Br. The Morgan fingerprint density at radius 2 is 1.09 bits per heavy atom. The molecule has 0 unspecified atom stereocenters. The topological polar surface area (TPSA) is 26.3 Å². The van der Waals surface area contributed by atoms with Crippen LogP contribution in [-0.4, -0.2) is 16.9 Å². The number of rotatable bonds is 16. The van der Waals surface area contributed by atoms with E-state index < -0.39 is 4.32 Å². The lowest BCUT2D eigenvalue weighted by molar-refractivity contribution is -0.145. The van der Waals surface area contributed by atoms with Gasteiger partial charge in [0.05, 0.1) is 6.61 Å². The average Bonchev–Trinajstić information content (AvgIpc) is 2.50. The number of unbranched alkanes of at least 4 members (excludes halogenated alkanes) is 13. The molecule has 2 nitrogen and oxygen atoms in total. The Morgan fingerprint density at radius 1 is 0.739 bits per heavy atom. The molecule has 0 heterocycles. The lowest BCUT2D eigenvalue weighted by atomic mass is 10.0. The van der Waals surface area contributed by atoms with Gasteiger partial charge in [-0.25, -0.2) is 0 Å². The molecule has 0 aliphatic rings. The van der Waals surface area contributed by atoms with Gasteiger partial charge in [-0.2, -0.15) is 0 Å². The summed E-state index contributed by atoms with van der Waals surface area (Å²) in [5.41, 5.74) is 0. The van der Waals surface area contributed by atoms with Crippen LogP contribution < -0.4 is 0 Å². The van der Waals surface area contributed by atoms with Crippen LogP contribution >= 0.6 is 15.9 Å². The first kappa shape index (κ1) is 22.9. The van der Waals surface area contributed by atoms with Crippen LogP contribution in [0.3, 0.4) is 0 Å². The van der Waals surface area contributed by atoms with E-state index in [1.165, 1.54) is 83.5 Å². The fraction of sp³-hybridized carbons (Fsp3) is 0.950. The van der Waals surface area contributed by atoms with E-state index in [1.54, 1.807) is 0 Å². The summed E-state index contributed by atoms with van der Waals surface area (Å²) in [6.07, 6.45) is 18.8. The molecule has 0 spiro atoms. The number of alkyl halides is 1. The van der Waals surface area contributed by atoms with Crippen molar-refractivity contribution < 1.29 is 9.53 Å². The summed E-state index contributed by atoms with van der Waals surface area (Å²) in [6.45, 7) is 6.48. The molecular weight excluding hydrogens is 352 g/mol. The number of ether oxygens (including phenoxy) is 1. The summed E-state index contributed by atoms with van der Waals surface area (Å²) >= 11 is 3.31. The monoisotopic (exact) mass is 390 g/mol. The lowest BCUT2D eigenvalue weighted by Crippen LogP contribution is -2.26. The quantitative estimate of drug-likeness (QED) is 0.158. The third-order valence-electron chi connectivity index (χ3n) is 4.22. The molecule has 0 aromatic heterocycles. The first-order chi connectivity index (χ1) is 11.0. The van der Waals surface area contributed by atoms with Gasteiger partial charge in [0.15, 0.2) is 0 Å². The van der Waals surface area contributed by atoms with Gasteiger partial charge in [-0.15, -0.1) is 0 Å². The summed E-state index contributed by atoms with van der Waals surface area (Å²) in [7, 11) is 0. The Kier molecular flexibility index (Phi) is 15.4. The largest absolute Gasteiger partial charge is 0.465 e. The summed E-state index contributed by atoms with van der Waals surface area (Å²) in [5.74, 6) is -0.160. The van der Waals surface area contributed by atoms with Gasteiger partial charge in [0.25, 0.3) is 0 Å². The van der Waals surface area contributed by atoms with Crippen LogP contribution in [0.1, 0.15) is 111 Å². The van der Waals surface area contributed by atoms with Crippen LogP contribution in [0.15, 0.2) is 0 Å². The van der Waals surface area contributed by atoms with Gasteiger partial charge in [0.1, 0.15) is 4.32 Å². The summed E-state index contributed by atoms with van der Waals surface area (Å²) in [6, 6.07) is 0. The number of hydrogen-bond donors (Lipinski definition) is 0. The van der Waals surface area contributed by atoms with Crippen LogP contribution in [0.2, 0.25) is 0 Å². The molecule has 0 amide bonds. The molecule has 0 aliphatic heterocycles. The maximum Gasteiger partial charge on any atom is 0.322 e. The number of halogens is 1. The van der Waals surface area contributed by atoms with Gasteiger partial charge in [0, 0.05) is 0 Å². The molecule has 0 atom stereocenters. The molecule has 0 aromatic carbocycles. The minimum absolute atomic E-state index is 0.160. The van der Waals surface area contributed by atoms with Gasteiger partial charge in [0.2, 0.25) is 0 Å². The smallest absolute Gasteiger partial charge is 0.322 e. The molecule has 0 radical (unpaired) electrons. The highest BCUT2D eigenvalue weighted by Gasteiger charge is 2.24. The number of esters is 1. The summed E-state index contributed by atoms with van der Waals surface area (Å²) in [5, 5.41) is 0. The van der Waals surface area contributed by atoms with E-state index in [2.05, 4.69) is 22.9 Å². The number of hydrogen-bond acceptors (Lipinski definition) is 2. The second-order valence-corrected chi connectivity index (χ2v) is 9.19. The number of carbonyl (C=O) groups is 1. The van der Waals surface area contributed by atoms with E-state index in [4.69, 9.17) is 4.74 Å². The van der Waals surface area contributed by atoms with Crippen molar-refractivity contribution in [2.45, 2.75) is 115 Å². The first-order valence-corrected chi connectivity index (χ1v) is 10.6. The molecule has 0 bridgehead atoms. The third-order valence-corrected chi connectivity index (χ3v) is 4.54. The lowest BCUT2D eigenvalue weighted by Gasteiger charge is -2.14. The van der Waals surface area contributed by atoms with E-state index in [9.17, 15) is 4.79 Å². The highest BCUT2D eigenvalue weighted by atomic mass is 79.9. The molecule has 0 N–H and O–H groups in total.